The summed E-state index contributed by atoms with van der Waals surface area (Å²) in [5, 5.41) is 10.2. The zero-order valence-corrected chi connectivity index (χ0v) is 13.7. The molecule has 2 heterocycles. The van der Waals surface area contributed by atoms with Gasteiger partial charge < -0.3 is 9.47 Å². The van der Waals surface area contributed by atoms with Gasteiger partial charge in [0.2, 0.25) is 0 Å². The van der Waals surface area contributed by atoms with Crippen molar-refractivity contribution in [3.8, 4) is 6.07 Å². The number of hydrogen-bond acceptors (Lipinski definition) is 5. The number of fused-ring (bicyclic) bond motifs is 1. The molecule has 4 nitrogen and oxygen atoms in total. The van der Waals surface area contributed by atoms with Crippen LogP contribution in [-0.2, 0) is 22.3 Å². The molecule has 2 aliphatic rings. The van der Waals surface area contributed by atoms with Gasteiger partial charge in [-0.25, -0.2) is 4.98 Å². The molecule has 1 saturated heterocycles. The number of thioether (sulfide) groups is 1. The first-order valence-corrected chi connectivity index (χ1v) is 9.14. The summed E-state index contributed by atoms with van der Waals surface area (Å²) in [5.41, 5.74) is 3.16. The number of hydrogen-bond donors (Lipinski definition) is 0. The van der Waals surface area contributed by atoms with Gasteiger partial charge in [0.15, 0.2) is 6.29 Å². The van der Waals surface area contributed by atoms with Crippen LogP contribution in [0.15, 0.2) is 11.1 Å². The highest BCUT2D eigenvalue weighted by molar-refractivity contribution is 7.99. The number of aryl methyl sites for hydroxylation is 2. The molecular formula is C17H22N2O2S. The molecule has 1 atom stereocenters. The molecule has 0 amide bonds. The minimum atomic E-state index is -0.0405. The van der Waals surface area contributed by atoms with E-state index in [4.69, 9.17) is 14.5 Å². The Hall–Kier alpha value is -1.09. The van der Waals surface area contributed by atoms with E-state index in [-0.39, 0.29) is 6.29 Å². The van der Waals surface area contributed by atoms with E-state index in [1.165, 1.54) is 30.5 Å². The predicted molar refractivity (Wildman–Crippen MR) is 85.9 cm³/mol. The molecule has 0 bridgehead atoms. The van der Waals surface area contributed by atoms with Gasteiger partial charge in [-0.2, -0.15) is 5.26 Å². The molecule has 1 fully saturated rings. The van der Waals surface area contributed by atoms with E-state index in [9.17, 15) is 5.26 Å². The molecular weight excluding hydrogens is 296 g/mol. The van der Waals surface area contributed by atoms with Crippen LogP contribution in [0.4, 0.5) is 0 Å². The minimum Gasteiger partial charge on any atom is -0.353 e. The third kappa shape index (κ3) is 4.01. The van der Waals surface area contributed by atoms with Crippen LogP contribution in [0.1, 0.15) is 48.9 Å². The zero-order chi connectivity index (χ0) is 15.2. The van der Waals surface area contributed by atoms with Gasteiger partial charge in [-0.3, -0.25) is 0 Å². The smallest absolute Gasteiger partial charge is 0.157 e. The first-order chi connectivity index (χ1) is 10.9. The highest BCUT2D eigenvalue weighted by Gasteiger charge is 2.16. The van der Waals surface area contributed by atoms with Crippen molar-refractivity contribution in [1.29, 1.82) is 5.26 Å². The number of pyridine rings is 1. The number of rotatable bonds is 5. The fraction of sp³-hybridized carbons (Fsp3) is 0.647. The maximum atomic E-state index is 9.33. The van der Waals surface area contributed by atoms with Crippen LogP contribution >= 0.6 is 11.8 Å². The molecule has 0 radical (unpaired) electrons. The van der Waals surface area contributed by atoms with Crippen molar-refractivity contribution in [3.05, 3.63) is 22.9 Å². The molecule has 118 valence electrons. The van der Waals surface area contributed by atoms with Gasteiger partial charge >= 0.3 is 0 Å². The second-order valence-electron chi connectivity index (χ2n) is 5.78. The van der Waals surface area contributed by atoms with Crippen molar-refractivity contribution in [2.24, 2.45) is 0 Å². The Morgan fingerprint density at radius 3 is 3.05 bits per heavy atom. The summed E-state index contributed by atoms with van der Waals surface area (Å²) in [6, 6.07) is 4.32. The van der Waals surface area contributed by atoms with Crippen LogP contribution in [0.5, 0.6) is 0 Å². The number of ether oxygens (including phenoxy) is 2. The van der Waals surface area contributed by atoms with Crippen LogP contribution in [-0.4, -0.2) is 30.2 Å². The number of aromatic nitrogens is 1. The van der Waals surface area contributed by atoms with Crippen LogP contribution < -0.4 is 0 Å². The SMILES string of the molecule is N#Cc1cc2c(nc1SCCO[C@@H]1CCCCO1)CCCC2. The van der Waals surface area contributed by atoms with Gasteiger partial charge in [0.1, 0.15) is 11.1 Å². The van der Waals surface area contributed by atoms with E-state index in [1.807, 2.05) is 6.07 Å². The molecule has 0 N–H and O–H groups in total. The van der Waals surface area contributed by atoms with Crippen molar-refractivity contribution in [2.45, 2.75) is 56.3 Å². The monoisotopic (exact) mass is 318 g/mol. The molecule has 5 heteroatoms. The van der Waals surface area contributed by atoms with Gasteiger partial charge in [-0.15, -0.1) is 11.8 Å². The van der Waals surface area contributed by atoms with E-state index < -0.39 is 0 Å². The molecule has 1 aromatic rings. The predicted octanol–water partition coefficient (Wildman–Crippen LogP) is 3.47. The molecule has 0 saturated carbocycles. The maximum Gasteiger partial charge on any atom is 0.157 e. The number of nitrogens with zero attached hydrogens (tertiary/aromatic N) is 2. The van der Waals surface area contributed by atoms with Crippen LogP contribution in [0.25, 0.3) is 0 Å². The zero-order valence-electron chi connectivity index (χ0n) is 12.8. The lowest BCUT2D eigenvalue weighted by Gasteiger charge is -2.22. The van der Waals surface area contributed by atoms with Crippen molar-refractivity contribution >= 4 is 11.8 Å². The summed E-state index contributed by atoms with van der Waals surface area (Å²) >= 11 is 1.62. The average molecular weight is 318 g/mol. The lowest BCUT2D eigenvalue weighted by atomic mass is 9.95. The molecule has 1 aliphatic carbocycles. The third-order valence-electron chi connectivity index (χ3n) is 4.15. The Bertz CT molecular complexity index is 550. The Morgan fingerprint density at radius 2 is 2.23 bits per heavy atom. The lowest BCUT2D eigenvalue weighted by Crippen LogP contribution is -2.23. The van der Waals surface area contributed by atoms with Gasteiger partial charge in [0.05, 0.1) is 12.2 Å². The maximum absolute atomic E-state index is 9.33. The van der Waals surface area contributed by atoms with E-state index in [1.54, 1.807) is 11.8 Å². The van der Waals surface area contributed by atoms with Crippen molar-refractivity contribution in [3.63, 3.8) is 0 Å². The van der Waals surface area contributed by atoms with Gasteiger partial charge in [-0.1, -0.05) is 0 Å². The lowest BCUT2D eigenvalue weighted by molar-refractivity contribution is -0.158. The Labute approximate surface area is 136 Å². The quantitative estimate of drug-likeness (QED) is 0.614. The molecule has 0 spiro atoms. The first kappa shape index (κ1) is 15.8. The molecule has 22 heavy (non-hydrogen) atoms. The van der Waals surface area contributed by atoms with Gasteiger partial charge in [0, 0.05) is 18.1 Å². The highest BCUT2D eigenvalue weighted by atomic mass is 32.2. The van der Waals surface area contributed by atoms with Crippen LogP contribution in [0.2, 0.25) is 0 Å². The highest BCUT2D eigenvalue weighted by Crippen LogP contribution is 2.27. The van der Waals surface area contributed by atoms with E-state index in [0.717, 1.165) is 43.1 Å². The van der Waals surface area contributed by atoms with Crippen LogP contribution in [0, 0.1) is 11.3 Å². The number of nitriles is 1. The minimum absolute atomic E-state index is 0.0405. The molecule has 3 rings (SSSR count). The molecule has 1 aromatic heterocycles. The summed E-state index contributed by atoms with van der Waals surface area (Å²) in [4.78, 5) is 4.72. The standard InChI is InChI=1S/C17H22N2O2S/c18-12-14-11-13-5-1-2-6-15(13)19-17(14)22-10-9-21-16-7-3-4-8-20-16/h11,16H,1-10H2/t16-/m1/s1. The Morgan fingerprint density at radius 1 is 1.32 bits per heavy atom. The molecule has 1 aliphatic heterocycles. The second kappa shape index (κ2) is 7.96. The van der Waals surface area contributed by atoms with E-state index in [2.05, 4.69) is 6.07 Å². The summed E-state index contributed by atoms with van der Waals surface area (Å²) in [6.45, 7) is 1.45. The normalized spacial score (nSPS) is 21.1. The van der Waals surface area contributed by atoms with Gasteiger partial charge in [-0.05, 0) is 56.6 Å². The van der Waals surface area contributed by atoms with E-state index in [0.29, 0.717) is 12.2 Å². The summed E-state index contributed by atoms with van der Waals surface area (Å²) in [7, 11) is 0. The largest absolute Gasteiger partial charge is 0.353 e. The summed E-state index contributed by atoms with van der Waals surface area (Å²) in [5.74, 6) is 0.806. The fourth-order valence-electron chi connectivity index (χ4n) is 2.97. The molecule has 0 aromatic carbocycles. The third-order valence-corrected chi connectivity index (χ3v) is 5.11. The van der Waals surface area contributed by atoms with Crippen molar-refractivity contribution in [2.75, 3.05) is 19.0 Å². The average Bonchev–Trinajstić information content (AvgIpc) is 2.59. The van der Waals surface area contributed by atoms with E-state index >= 15 is 0 Å². The summed E-state index contributed by atoms with van der Waals surface area (Å²) < 4.78 is 11.3. The Balaban J connectivity index is 1.54. The molecule has 0 unspecified atom stereocenters. The summed E-state index contributed by atoms with van der Waals surface area (Å²) in [6.07, 6.45) is 7.79. The fourth-order valence-corrected chi connectivity index (χ4v) is 3.77. The second-order valence-corrected chi connectivity index (χ2v) is 6.86. The van der Waals surface area contributed by atoms with Crippen LogP contribution in [0.3, 0.4) is 0 Å². The Kier molecular flexibility index (Phi) is 5.71. The van der Waals surface area contributed by atoms with Crippen molar-refractivity contribution in [1.82, 2.24) is 4.98 Å². The van der Waals surface area contributed by atoms with Gasteiger partial charge in [0.25, 0.3) is 0 Å². The first-order valence-electron chi connectivity index (χ1n) is 8.16. The van der Waals surface area contributed by atoms with Crippen molar-refractivity contribution < 1.29 is 9.47 Å². The topological polar surface area (TPSA) is 55.1 Å².